The molecule has 136 valence electrons. The molecule has 2 bridgehead atoms. The number of hydrogen-bond donors (Lipinski definition) is 2. The van der Waals surface area contributed by atoms with Crippen LogP contribution < -0.4 is 10.2 Å². The molecule has 25 heavy (non-hydrogen) atoms. The van der Waals surface area contributed by atoms with Gasteiger partial charge in [0.15, 0.2) is 5.69 Å². The smallest absolute Gasteiger partial charge is 0.407 e. The van der Waals surface area contributed by atoms with E-state index in [1.54, 1.807) is 6.07 Å². The monoisotopic (exact) mass is 347 g/mol. The topological polar surface area (TPSA) is 91.8 Å². The van der Waals surface area contributed by atoms with Crippen molar-refractivity contribution in [3.63, 3.8) is 0 Å². The van der Waals surface area contributed by atoms with E-state index in [2.05, 4.69) is 15.2 Å². The van der Waals surface area contributed by atoms with Crippen molar-refractivity contribution in [2.24, 2.45) is 0 Å². The molecule has 0 saturated carbocycles. The van der Waals surface area contributed by atoms with Gasteiger partial charge < -0.3 is 20.1 Å². The molecule has 3 atom stereocenters. The highest BCUT2D eigenvalue weighted by Crippen LogP contribution is 2.38. The lowest BCUT2D eigenvalue weighted by atomic mass is 9.97. The fraction of sp³-hybridized carbons (Fsp3) is 0.611. The molecule has 2 fully saturated rings. The van der Waals surface area contributed by atoms with E-state index in [1.165, 1.54) is 6.07 Å². The highest BCUT2D eigenvalue weighted by atomic mass is 16.6. The van der Waals surface area contributed by atoms with Gasteiger partial charge in [-0.25, -0.2) is 14.6 Å². The predicted molar refractivity (Wildman–Crippen MR) is 92.9 cm³/mol. The molecule has 1 aromatic heterocycles. The maximum Gasteiger partial charge on any atom is 0.407 e. The first kappa shape index (κ1) is 17.5. The maximum atomic E-state index is 12.0. The summed E-state index contributed by atoms with van der Waals surface area (Å²) in [5.41, 5.74) is -0.448. The molecule has 7 nitrogen and oxygen atoms in total. The number of hydrogen-bond acceptors (Lipinski definition) is 5. The zero-order valence-corrected chi connectivity index (χ0v) is 14.9. The van der Waals surface area contributed by atoms with Crippen LogP contribution in [0.15, 0.2) is 18.2 Å². The number of rotatable bonds is 3. The first-order chi connectivity index (χ1) is 11.7. The summed E-state index contributed by atoms with van der Waals surface area (Å²) in [5, 5.41) is 12.1. The predicted octanol–water partition coefficient (Wildman–Crippen LogP) is 2.80. The number of nitrogens with zero attached hydrogens (tertiary/aromatic N) is 2. The molecule has 0 aromatic carbocycles. The third-order valence-corrected chi connectivity index (χ3v) is 4.67. The van der Waals surface area contributed by atoms with E-state index in [9.17, 15) is 9.59 Å². The highest BCUT2D eigenvalue weighted by Gasteiger charge is 2.42. The molecule has 2 aliphatic heterocycles. The number of nitrogens with one attached hydrogen (secondary N) is 1. The van der Waals surface area contributed by atoms with Crippen LogP contribution in [0.2, 0.25) is 0 Å². The van der Waals surface area contributed by atoms with Gasteiger partial charge in [-0.1, -0.05) is 6.07 Å². The molecular weight excluding hydrogens is 322 g/mol. The number of carbonyl (C=O) groups is 2. The Hall–Kier alpha value is -2.31. The van der Waals surface area contributed by atoms with Gasteiger partial charge in [0.2, 0.25) is 0 Å². The molecular formula is C18H25N3O4. The van der Waals surface area contributed by atoms with Crippen molar-refractivity contribution < 1.29 is 19.4 Å². The number of carboxylic acids is 1. The van der Waals surface area contributed by atoms with Crippen LogP contribution in [0.1, 0.15) is 56.9 Å². The third-order valence-electron chi connectivity index (χ3n) is 4.67. The van der Waals surface area contributed by atoms with Crippen molar-refractivity contribution in [1.82, 2.24) is 10.3 Å². The average Bonchev–Trinajstić information content (AvgIpc) is 2.77. The van der Waals surface area contributed by atoms with Crippen LogP contribution in [0.3, 0.4) is 0 Å². The Labute approximate surface area is 147 Å². The summed E-state index contributed by atoms with van der Waals surface area (Å²) >= 11 is 0. The third kappa shape index (κ3) is 4.03. The lowest BCUT2D eigenvalue weighted by molar-refractivity contribution is 0.0491. The Kier molecular flexibility index (Phi) is 4.58. The number of carboxylic acid groups (broad SMARTS) is 1. The normalized spacial score (nSPS) is 25.6. The molecule has 1 amide bonds. The van der Waals surface area contributed by atoms with Crippen molar-refractivity contribution in [2.75, 3.05) is 4.90 Å². The largest absolute Gasteiger partial charge is 0.477 e. The van der Waals surface area contributed by atoms with E-state index < -0.39 is 11.6 Å². The van der Waals surface area contributed by atoms with E-state index in [0.29, 0.717) is 5.82 Å². The Morgan fingerprint density at radius 2 is 1.88 bits per heavy atom. The molecule has 1 aromatic rings. The molecule has 1 unspecified atom stereocenters. The summed E-state index contributed by atoms with van der Waals surface area (Å²) < 4.78 is 5.34. The van der Waals surface area contributed by atoms with Gasteiger partial charge in [0.25, 0.3) is 0 Å². The van der Waals surface area contributed by atoms with Gasteiger partial charge in [-0.3, -0.25) is 0 Å². The maximum absolute atomic E-state index is 12.0. The number of alkyl carbamates (subject to hydrolysis) is 1. The Balaban J connectivity index is 1.67. The number of anilines is 1. The van der Waals surface area contributed by atoms with Gasteiger partial charge in [0.1, 0.15) is 11.4 Å². The molecule has 2 saturated heterocycles. The van der Waals surface area contributed by atoms with Gasteiger partial charge >= 0.3 is 12.1 Å². The molecule has 0 radical (unpaired) electrons. The molecule has 7 heteroatoms. The van der Waals surface area contributed by atoms with Crippen LogP contribution in [0.5, 0.6) is 0 Å². The van der Waals surface area contributed by atoms with Gasteiger partial charge in [-0.2, -0.15) is 0 Å². The van der Waals surface area contributed by atoms with Gasteiger partial charge in [-0.05, 0) is 58.6 Å². The van der Waals surface area contributed by atoms with Gasteiger partial charge in [0, 0.05) is 18.1 Å². The SMILES string of the molecule is CC(C)(C)OC(=O)NC1C[C@H]2CC[C@@H](C1)N2c1cccc(C(=O)O)n1. The highest BCUT2D eigenvalue weighted by molar-refractivity contribution is 5.85. The first-order valence-electron chi connectivity index (χ1n) is 8.71. The van der Waals surface area contributed by atoms with Crippen LogP contribution in [-0.2, 0) is 4.74 Å². The summed E-state index contributed by atoms with van der Waals surface area (Å²) in [7, 11) is 0. The first-order valence-corrected chi connectivity index (χ1v) is 8.71. The molecule has 0 aliphatic carbocycles. The number of carbonyl (C=O) groups excluding carboxylic acids is 1. The fourth-order valence-corrected chi connectivity index (χ4v) is 3.83. The second-order valence-corrected chi connectivity index (χ2v) is 7.79. The number of aromatic carboxylic acids is 1. The zero-order valence-electron chi connectivity index (χ0n) is 14.9. The number of ether oxygens (including phenoxy) is 1. The molecule has 0 spiro atoms. The molecule has 3 heterocycles. The van der Waals surface area contributed by atoms with E-state index in [-0.39, 0.29) is 29.9 Å². The lowest BCUT2D eigenvalue weighted by Crippen LogP contribution is -2.51. The van der Waals surface area contributed by atoms with E-state index in [4.69, 9.17) is 9.84 Å². The summed E-state index contributed by atoms with van der Waals surface area (Å²) in [6, 6.07) is 5.69. The average molecular weight is 347 g/mol. The number of amides is 1. The quantitative estimate of drug-likeness (QED) is 0.873. The van der Waals surface area contributed by atoms with E-state index >= 15 is 0 Å². The molecule has 2 N–H and O–H groups in total. The number of fused-ring (bicyclic) bond motifs is 2. The standard InChI is InChI=1S/C18H25N3O4/c1-18(2,3)25-17(24)19-11-9-12-7-8-13(10-11)21(12)15-6-4-5-14(20-15)16(22)23/h4-6,11-13H,7-10H2,1-3H3,(H,19,24)(H,22,23)/t11?,12-,13+. The van der Waals surface area contributed by atoms with Crippen LogP contribution in [0, 0.1) is 0 Å². The van der Waals surface area contributed by atoms with Crippen LogP contribution >= 0.6 is 0 Å². The Morgan fingerprint density at radius 1 is 1.24 bits per heavy atom. The van der Waals surface area contributed by atoms with E-state index in [1.807, 2.05) is 26.8 Å². The minimum Gasteiger partial charge on any atom is -0.477 e. The molecule has 3 rings (SSSR count). The summed E-state index contributed by atoms with van der Waals surface area (Å²) in [5.74, 6) is -0.307. The van der Waals surface area contributed by atoms with Crippen molar-refractivity contribution >= 4 is 17.9 Å². The minimum absolute atomic E-state index is 0.0610. The number of aromatic nitrogens is 1. The Bertz CT molecular complexity index is 657. The lowest BCUT2D eigenvalue weighted by Gasteiger charge is -2.40. The summed E-state index contributed by atoms with van der Waals surface area (Å²) in [6.07, 6.45) is 3.30. The van der Waals surface area contributed by atoms with Crippen LogP contribution in [0.4, 0.5) is 10.6 Å². The Morgan fingerprint density at radius 3 is 2.44 bits per heavy atom. The number of pyridine rings is 1. The van der Waals surface area contributed by atoms with Crippen molar-refractivity contribution in [3.8, 4) is 0 Å². The second kappa shape index (κ2) is 6.54. The van der Waals surface area contributed by atoms with Crippen LogP contribution in [0.25, 0.3) is 0 Å². The van der Waals surface area contributed by atoms with Gasteiger partial charge in [-0.15, -0.1) is 0 Å². The zero-order chi connectivity index (χ0) is 18.2. The minimum atomic E-state index is -1.02. The van der Waals surface area contributed by atoms with E-state index in [0.717, 1.165) is 25.7 Å². The fourth-order valence-electron chi connectivity index (χ4n) is 3.83. The van der Waals surface area contributed by atoms with Gasteiger partial charge in [0.05, 0.1) is 0 Å². The van der Waals surface area contributed by atoms with Crippen molar-refractivity contribution in [3.05, 3.63) is 23.9 Å². The van der Waals surface area contributed by atoms with Crippen LogP contribution in [-0.4, -0.2) is 45.9 Å². The summed E-state index contributed by atoms with van der Waals surface area (Å²) in [4.78, 5) is 29.7. The van der Waals surface area contributed by atoms with Crippen molar-refractivity contribution in [1.29, 1.82) is 0 Å². The number of piperidine rings is 1. The summed E-state index contributed by atoms with van der Waals surface area (Å²) in [6.45, 7) is 5.54. The van der Waals surface area contributed by atoms with Crippen molar-refractivity contribution in [2.45, 2.75) is 70.2 Å². The second-order valence-electron chi connectivity index (χ2n) is 7.79. The molecule has 2 aliphatic rings.